The van der Waals surface area contributed by atoms with Gasteiger partial charge in [-0.15, -0.1) is 0 Å². The van der Waals surface area contributed by atoms with Crippen molar-refractivity contribution in [1.29, 1.82) is 0 Å². The molecule has 0 saturated heterocycles. The molecule has 0 unspecified atom stereocenters. The summed E-state index contributed by atoms with van der Waals surface area (Å²) >= 11 is 0. The van der Waals surface area contributed by atoms with E-state index in [1.807, 2.05) is 44.2 Å². The summed E-state index contributed by atoms with van der Waals surface area (Å²) in [4.78, 5) is 47.6. The molecule has 2 aromatic rings. The predicted molar refractivity (Wildman–Crippen MR) is 119 cm³/mol. The van der Waals surface area contributed by atoms with E-state index in [4.69, 9.17) is 9.47 Å². The molecule has 0 aliphatic carbocycles. The Labute approximate surface area is 187 Å². The van der Waals surface area contributed by atoms with Crippen molar-refractivity contribution < 1.29 is 28.7 Å². The number of nitrogens with one attached hydrogen (secondary N) is 2. The average Bonchev–Trinajstić information content (AvgIpc) is 2.80. The van der Waals surface area contributed by atoms with Crippen LogP contribution in [0.1, 0.15) is 55.1 Å². The van der Waals surface area contributed by atoms with Crippen molar-refractivity contribution in [2.75, 3.05) is 18.5 Å². The van der Waals surface area contributed by atoms with Crippen LogP contribution in [0.3, 0.4) is 0 Å². The summed E-state index contributed by atoms with van der Waals surface area (Å²) in [6.07, 6.45) is 0.482. The van der Waals surface area contributed by atoms with Crippen LogP contribution in [0.5, 0.6) is 0 Å². The van der Waals surface area contributed by atoms with Gasteiger partial charge >= 0.3 is 11.9 Å². The Bertz CT molecular complexity index is 912. The minimum Gasteiger partial charge on any atom is -0.462 e. The fourth-order valence-electron chi connectivity index (χ4n) is 2.73. The zero-order valence-corrected chi connectivity index (χ0v) is 18.3. The van der Waals surface area contributed by atoms with Crippen molar-refractivity contribution >= 4 is 29.4 Å². The molecule has 1 atom stereocenters. The molecule has 8 heteroatoms. The fraction of sp³-hybridized carbons (Fsp3) is 0.333. The van der Waals surface area contributed by atoms with E-state index in [2.05, 4.69) is 10.6 Å². The van der Waals surface area contributed by atoms with E-state index in [9.17, 15) is 19.2 Å². The normalized spacial score (nSPS) is 11.2. The highest BCUT2D eigenvalue weighted by molar-refractivity contribution is 5.94. The number of carbonyl (C=O) groups excluding carboxylic acids is 4. The Morgan fingerprint density at radius 2 is 1.56 bits per heavy atom. The molecule has 0 spiro atoms. The third kappa shape index (κ3) is 8.59. The van der Waals surface area contributed by atoms with Gasteiger partial charge in [0, 0.05) is 12.1 Å². The molecule has 0 bridgehead atoms. The van der Waals surface area contributed by atoms with Crippen molar-refractivity contribution in [2.45, 2.75) is 39.2 Å². The molecule has 32 heavy (non-hydrogen) atoms. The molecule has 0 radical (unpaired) electrons. The fourth-order valence-corrected chi connectivity index (χ4v) is 2.73. The first-order valence-corrected chi connectivity index (χ1v) is 10.5. The van der Waals surface area contributed by atoms with Crippen LogP contribution in [-0.4, -0.2) is 37.0 Å². The molecule has 0 aliphatic heterocycles. The first-order chi connectivity index (χ1) is 15.4. The molecular weight excluding hydrogens is 412 g/mol. The van der Waals surface area contributed by atoms with Crippen LogP contribution in [-0.2, 0) is 23.9 Å². The molecule has 2 amide bonds. The summed E-state index contributed by atoms with van der Waals surface area (Å²) in [5.74, 6) is -1.87. The van der Waals surface area contributed by atoms with E-state index in [0.29, 0.717) is 17.9 Å². The van der Waals surface area contributed by atoms with Crippen molar-refractivity contribution in [2.24, 2.45) is 0 Å². The van der Waals surface area contributed by atoms with Crippen LogP contribution in [0.4, 0.5) is 5.69 Å². The summed E-state index contributed by atoms with van der Waals surface area (Å²) in [6, 6.07) is 15.5. The maximum absolute atomic E-state index is 12.0. The van der Waals surface area contributed by atoms with Gasteiger partial charge in [0.15, 0.2) is 6.61 Å². The molecule has 8 nitrogen and oxygen atoms in total. The summed E-state index contributed by atoms with van der Waals surface area (Å²) in [7, 11) is 0. The molecule has 0 aromatic heterocycles. The zero-order valence-electron chi connectivity index (χ0n) is 18.3. The summed E-state index contributed by atoms with van der Waals surface area (Å²) in [6.45, 7) is 3.68. The summed E-state index contributed by atoms with van der Waals surface area (Å²) < 4.78 is 9.97. The highest BCUT2D eigenvalue weighted by Gasteiger charge is 2.13. The molecular formula is C24H28N2O6. The monoisotopic (exact) mass is 440 g/mol. The molecule has 2 N–H and O–H groups in total. The molecule has 0 fully saturated rings. The summed E-state index contributed by atoms with van der Waals surface area (Å²) in [5.41, 5.74) is 1.82. The predicted octanol–water partition coefficient (Wildman–Crippen LogP) is 3.39. The number of anilines is 1. The highest BCUT2D eigenvalue weighted by atomic mass is 16.5. The Hall–Kier alpha value is -3.68. The number of amides is 2. The van der Waals surface area contributed by atoms with Crippen LogP contribution >= 0.6 is 0 Å². The lowest BCUT2D eigenvalue weighted by Gasteiger charge is -2.14. The molecule has 2 aromatic carbocycles. The second-order valence-corrected chi connectivity index (χ2v) is 7.12. The first-order valence-electron chi connectivity index (χ1n) is 10.5. The van der Waals surface area contributed by atoms with Crippen LogP contribution < -0.4 is 10.6 Å². The van der Waals surface area contributed by atoms with Gasteiger partial charge in [-0.3, -0.25) is 14.4 Å². The van der Waals surface area contributed by atoms with Crippen LogP contribution in [0, 0.1) is 0 Å². The first kappa shape index (κ1) is 24.6. The number of benzene rings is 2. The number of esters is 2. The molecule has 2 rings (SSSR count). The number of hydrogen-bond donors (Lipinski definition) is 2. The van der Waals surface area contributed by atoms with Gasteiger partial charge < -0.3 is 20.1 Å². The van der Waals surface area contributed by atoms with Crippen molar-refractivity contribution in [3.63, 3.8) is 0 Å². The van der Waals surface area contributed by atoms with Crippen LogP contribution in [0.15, 0.2) is 54.6 Å². The number of ether oxygens (including phenoxy) is 2. The number of carbonyl (C=O) groups is 4. The van der Waals surface area contributed by atoms with Gasteiger partial charge in [-0.25, -0.2) is 4.79 Å². The lowest BCUT2D eigenvalue weighted by Crippen LogP contribution is -2.31. The van der Waals surface area contributed by atoms with E-state index in [0.717, 1.165) is 12.0 Å². The van der Waals surface area contributed by atoms with Crippen molar-refractivity contribution in [1.82, 2.24) is 5.32 Å². The van der Waals surface area contributed by atoms with E-state index in [1.54, 1.807) is 24.3 Å². The maximum atomic E-state index is 12.0. The van der Waals surface area contributed by atoms with Gasteiger partial charge in [0.1, 0.15) is 0 Å². The van der Waals surface area contributed by atoms with Gasteiger partial charge in [0.2, 0.25) is 5.91 Å². The Kier molecular flexibility index (Phi) is 9.90. The van der Waals surface area contributed by atoms with Gasteiger partial charge in [0.25, 0.3) is 5.91 Å². The maximum Gasteiger partial charge on any atom is 0.338 e. The highest BCUT2D eigenvalue weighted by Crippen LogP contribution is 2.12. The number of rotatable bonds is 11. The van der Waals surface area contributed by atoms with E-state index >= 15 is 0 Å². The van der Waals surface area contributed by atoms with Gasteiger partial charge in [-0.05, 0) is 43.2 Å². The smallest absolute Gasteiger partial charge is 0.338 e. The summed E-state index contributed by atoms with van der Waals surface area (Å²) in [5, 5.41) is 5.38. The second-order valence-electron chi connectivity index (χ2n) is 7.12. The minimum absolute atomic E-state index is 0.0961. The van der Waals surface area contributed by atoms with E-state index in [1.165, 1.54) is 0 Å². The molecule has 0 heterocycles. The topological polar surface area (TPSA) is 111 Å². The van der Waals surface area contributed by atoms with Crippen LogP contribution in [0.2, 0.25) is 0 Å². The molecule has 0 aliphatic rings. The molecule has 0 saturated carbocycles. The van der Waals surface area contributed by atoms with E-state index in [-0.39, 0.29) is 24.8 Å². The zero-order chi connectivity index (χ0) is 23.3. The van der Waals surface area contributed by atoms with Crippen molar-refractivity contribution in [3.05, 3.63) is 65.7 Å². The average molecular weight is 440 g/mol. The van der Waals surface area contributed by atoms with Gasteiger partial charge in [-0.2, -0.15) is 0 Å². The third-order valence-electron chi connectivity index (χ3n) is 4.44. The quantitative estimate of drug-likeness (QED) is 0.518. The Morgan fingerprint density at radius 3 is 2.22 bits per heavy atom. The molecule has 170 valence electrons. The SMILES string of the molecule is CCCOC(=O)c1ccc(NC(=O)CCC(=O)OCC(=O)N[C@@H](C)c2ccccc2)cc1. The largest absolute Gasteiger partial charge is 0.462 e. The van der Waals surface area contributed by atoms with E-state index < -0.39 is 24.5 Å². The van der Waals surface area contributed by atoms with Crippen LogP contribution in [0.25, 0.3) is 0 Å². The second kappa shape index (κ2) is 12.9. The third-order valence-corrected chi connectivity index (χ3v) is 4.44. The minimum atomic E-state index is -0.642. The van der Waals surface area contributed by atoms with Gasteiger partial charge in [-0.1, -0.05) is 37.3 Å². The lowest BCUT2D eigenvalue weighted by atomic mass is 10.1. The Morgan fingerprint density at radius 1 is 0.875 bits per heavy atom. The Balaban J connectivity index is 1.67. The standard InChI is InChI=1S/C24H28N2O6/c1-3-15-31-24(30)19-9-11-20(12-10-19)26-21(27)13-14-23(29)32-16-22(28)25-17(2)18-7-5-4-6-8-18/h4-12,17H,3,13-16H2,1-2H3,(H,25,28)(H,26,27)/t17-/m0/s1. The number of hydrogen-bond acceptors (Lipinski definition) is 6. The van der Waals surface area contributed by atoms with Gasteiger partial charge in [0.05, 0.1) is 24.6 Å². The lowest BCUT2D eigenvalue weighted by molar-refractivity contribution is -0.149. The van der Waals surface area contributed by atoms with Crippen molar-refractivity contribution in [3.8, 4) is 0 Å².